The Hall–Kier alpha value is -2.80. The molecule has 0 unspecified atom stereocenters. The van der Waals surface area contributed by atoms with Crippen molar-refractivity contribution in [1.29, 1.82) is 0 Å². The zero-order valence-electron chi connectivity index (χ0n) is 15.7. The summed E-state index contributed by atoms with van der Waals surface area (Å²) in [6.07, 6.45) is 0. The highest BCUT2D eigenvalue weighted by molar-refractivity contribution is 6.24. The first-order valence-corrected chi connectivity index (χ1v) is 9.22. The van der Waals surface area contributed by atoms with Crippen LogP contribution in [-0.2, 0) is 5.41 Å². The smallest absolute Gasteiger partial charge is 0.139 e. The van der Waals surface area contributed by atoms with E-state index in [9.17, 15) is 0 Å². The van der Waals surface area contributed by atoms with Crippen molar-refractivity contribution in [2.45, 2.75) is 33.1 Å². The Morgan fingerprint density at radius 2 is 1.42 bits per heavy atom. The van der Waals surface area contributed by atoms with Gasteiger partial charge in [0, 0.05) is 16.3 Å². The molecule has 4 aromatic carbocycles. The van der Waals surface area contributed by atoms with Crippen molar-refractivity contribution < 1.29 is 4.42 Å². The van der Waals surface area contributed by atoms with Gasteiger partial charge < -0.3 is 4.42 Å². The molecule has 0 saturated carbocycles. The molecule has 0 atom stereocenters. The Morgan fingerprint density at radius 3 is 2.23 bits per heavy atom. The van der Waals surface area contributed by atoms with E-state index in [1.54, 1.807) is 0 Å². The molecule has 0 aliphatic carbocycles. The van der Waals surface area contributed by atoms with E-state index in [1.165, 1.54) is 43.4 Å². The summed E-state index contributed by atoms with van der Waals surface area (Å²) in [7, 11) is 0. The molecule has 0 radical (unpaired) electrons. The van der Waals surface area contributed by atoms with Crippen molar-refractivity contribution in [2.24, 2.45) is 0 Å². The van der Waals surface area contributed by atoms with Gasteiger partial charge in [0.1, 0.15) is 11.2 Å². The number of rotatable bonds is 0. The van der Waals surface area contributed by atoms with E-state index in [0.29, 0.717) is 0 Å². The van der Waals surface area contributed by atoms with Crippen LogP contribution >= 0.6 is 0 Å². The minimum absolute atomic E-state index is 0.0416. The molecule has 0 aliphatic heterocycles. The SMILES string of the molecule is Cc1ccc2c(oc3ccc4c5ccccc5ccc4c32)c1C(C)(C)C. The molecule has 0 spiro atoms. The molecular formula is C25H22O. The maximum Gasteiger partial charge on any atom is 0.139 e. The summed E-state index contributed by atoms with van der Waals surface area (Å²) in [6, 6.07) is 21.8. The van der Waals surface area contributed by atoms with Crippen molar-refractivity contribution >= 4 is 43.5 Å². The molecule has 1 heterocycles. The highest BCUT2D eigenvalue weighted by atomic mass is 16.3. The highest BCUT2D eigenvalue weighted by Gasteiger charge is 2.23. The Kier molecular flexibility index (Phi) is 3.04. The quantitative estimate of drug-likeness (QED) is 0.266. The summed E-state index contributed by atoms with van der Waals surface area (Å²) in [4.78, 5) is 0. The molecule has 0 fully saturated rings. The number of aryl methyl sites for hydroxylation is 1. The number of furan rings is 1. The van der Waals surface area contributed by atoms with Gasteiger partial charge in [-0.15, -0.1) is 0 Å². The average Bonchev–Trinajstić information content (AvgIpc) is 2.98. The normalized spacial score (nSPS) is 12.6. The lowest BCUT2D eigenvalue weighted by Crippen LogP contribution is -2.13. The summed E-state index contributed by atoms with van der Waals surface area (Å²) in [6.45, 7) is 8.95. The molecule has 5 aromatic rings. The van der Waals surface area contributed by atoms with Crippen molar-refractivity contribution in [2.75, 3.05) is 0 Å². The van der Waals surface area contributed by atoms with E-state index in [0.717, 1.165) is 11.2 Å². The van der Waals surface area contributed by atoms with Gasteiger partial charge in [-0.1, -0.05) is 75.4 Å². The summed E-state index contributed by atoms with van der Waals surface area (Å²) in [5.41, 5.74) is 4.64. The molecule has 0 amide bonds. The van der Waals surface area contributed by atoms with Gasteiger partial charge in [-0.05, 0) is 45.5 Å². The molecule has 5 rings (SSSR count). The molecule has 0 N–H and O–H groups in total. The minimum atomic E-state index is 0.0416. The molecule has 1 nitrogen and oxygen atoms in total. The van der Waals surface area contributed by atoms with E-state index < -0.39 is 0 Å². The third-order valence-electron chi connectivity index (χ3n) is 5.49. The van der Waals surface area contributed by atoms with Crippen LogP contribution < -0.4 is 0 Å². The number of fused-ring (bicyclic) bond motifs is 7. The first-order valence-electron chi connectivity index (χ1n) is 9.22. The van der Waals surface area contributed by atoms with Gasteiger partial charge in [-0.2, -0.15) is 0 Å². The molecule has 1 aromatic heterocycles. The Morgan fingerprint density at radius 1 is 0.692 bits per heavy atom. The number of hydrogen-bond acceptors (Lipinski definition) is 1. The van der Waals surface area contributed by atoms with Crippen molar-refractivity contribution in [3.8, 4) is 0 Å². The third kappa shape index (κ3) is 2.03. The van der Waals surface area contributed by atoms with Crippen molar-refractivity contribution in [3.05, 3.63) is 71.8 Å². The second-order valence-electron chi connectivity index (χ2n) is 8.31. The minimum Gasteiger partial charge on any atom is -0.456 e. The van der Waals surface area contributed by atoms with Crippen LogP contribution in [-0.4, -0.2) is 0 Å². The molecule has 128 valence electrons. The predicted molar refractivity (Wildman–Crippen MR) is 112 cm³/mol. The van der Waals surface area contributed by atoms with Gasteiger partial charge in [0.15, 0.2) is 0 Å². The van der Waals surface area contributed by atoms with Crippen LogP contribution in [0.3, 0.4) is 0 Å². The zero-order valence-corrected chi connectivity index (χ0v) is 15.7. The van der Waals surface area contributed by atoms with Gasteiger partial charge in [-0.25, -0.2) is 0 Å². The van der Waals surface area contributed by atoms with Crippen LogP contribution in [0.1, 0.15) is 31.9 Å². The van der Waals surface area contributed by atoms with Crippen molar-refractivity contribution in [1.82, 2.24) is 0 Å². The Labute approximate surface area is 153 Å². The van der Waals surface area contributed by atoms with Gasteiger partial charge in [-0.3, -0.25) is 0 Å². The highest BCUT2D eigenvalue weighted by Crippen LogP contribution is 2.41. The van der Waals surface area contributed by atoms with Gasteiger partial charge in [0.2, 0.25) is 0 Å². The van der Waals surface area contributed by atoms with Crippen LogP contribution in [0, 0.1) is 6.92 Å². The van der Waals surface area contributed by atoms with Gasteiger partial charge >= 0.3 is 0 Å². The summed E-state index contributed by atoms with van der Waals surface area (Å²) < 4.78 is 6.41. The molecule has 0 bridgehead atoms. The largest absolute Gasteiger partial charge is 0.456 e. The lowest BCUT2D eigenvalue weighted by Gasteiger charge is -2.21. The standard InChI is InChI=1S/C25H22O/c1-15-9-11-20-22-19-12-10-16-7-5-6-8-17(16)18(19)13-14-21(22)26-24(20)23(15)25(2,3)4/h5-14H,1-4H3. The second-order valence-corrected chi connectivity index (χ2v) is 8.31. The first-order chi connectivity index (χ1) is 12.4. The lowest BCUT2D eigenvalue weighted by atomic mass is 9.83. The fourth-order valence-corrected chi connectivity index (χ4v) is 4.46. The number of hydrogen-bond donors (Lipinski definition) is 0. The van der Waals surface area contributed by atoms with Crippen LogP contribution in [0.2, 0.25) is 0 Å². The molecule has 26 heavy (non-hydrogen) atoms. The molecular weight excluding hydrogens is 316 g/mol. The summed E-state index contributed by atoms with van der Waals surface area (Å²) in [5, 5.41) is 7.58. The maximum absolute atomic E-state index is 6.41. The van der Waals surface area contributed by atoms with E-state index in [1.807, 2.05) is 0 Å². The Bertz CT molecular complexity index is 1310. The molecule has 0 saturated heterocycles. The van der Waals surface area contributed by atoms with Crippen molar-refractivity contribution in [3.63, 3.8) is 0 Å². The monoisotopic (exact) mass is 338 g/mol. The van der Waals surface area contributed by atoms with Crippen LogP contribution in [0.15, 0.2) is 65.1 Å². The van der Waals surface area contributed by atoms with Crippen LogP contribution in [0.4, 0.5) is 0 Å². The zero-order chi connectivity index (χ0) is 18.1. The summed E-state index contributed by atoms with van der Waals surface area (Å²) in [5.74, 6) is 0. The predicted octanol–water partition coefficient (Wildman–Crippen LogP) is 7.50. The second kappa shape index (κ2) is 5.11. The van der Waals surface area contributed by atoms with E-state index in [2.05, 4.69) is 88.4 Å². The van der Waals surface area contributed by atoms with E-state index in [-0.39, 0.29) is 5.41 Å². The Balaban J connectivity index is 2.02. The van der Waals surface area contributed by atoms with Gasteiger partial charge in [0.25, 0.3) is 0 Å². The summed E-state index contributed by atoms with van der Waals surface area (Å²) >= 11 is 0. The number of benzene rings is 4. The topological polar surface area (TPSA) is 13.1 Å². The fourth-order valence-electron chi connectivity index (χ4n) is 4.46. The lowest BCUT2D eigenvalue weighted by molar-refractivity contribution is 0.569. The third-order valence-corrected chi connectivity index (χ3v) is 5.49. The van der Waals surface area contributed by atoms with E-state index >= 15 is 0 Å². The van der Waals surface area contributed by atoms with Gasteiger partial charge in [0.05, 0.1) is 0 Å². The average molecular weight is 338 g/mol. The molecule has 1 heteroatoms. The van der Waals surface area contributed by atoms with Crippen LogP contribution in [0.25, 0.3) is 43.5 Å². The van der Waals surface area contributed by atoms with E-state index in [4.69, 9.17) is 4.42 Å². The molecule has 0 aliphatic rings. The fraction of sp³-hybridized carbons (Fsp3) is 0.200. The van der Waals surface area contributed by atoms with Crippen LogP contribution in [0.5, 0.6) is 0 Å². The first kappa shape index (κ1) is 15.5. The maximum atomic E-state index is 6.41.